The molecule has 0 aromatic heterocycles. The largest absolute Gasteiger partial charge is 0.490 e. The molecular weight excluding hydrogens is 398 g/mol. The highest BCUT2D eigenvalue weighted by Crippen LogP contribution is 2.37. The smallest absolute Gasteiger partial charge is 0.200 e. The minimum Gasteiger partial charge on any atom is -0.490 e. The van der Waals surface area contributed by atoms with Crippen LogP contribution in [0.15, 0.2) is 12.1 Å². The summed E-state index contributed by atoms with van der Waals surface area (Å²) in [5.41, 5.74) is 0.484. The zero-order valence-corrected chi connectivity index (χ0v) is 19.3. The van der Waals surface area contributed by atoms with E-state index in [2.05, 4.69) is 6.92 Å². The van der Waals surface area contributed by atoms with Crippen LogP contribution in [0.25, 0.3) is 0 Å². The molecule has 2 aliphatic rings. The molecule has 0 amide bonds. The van der Waals surface area contributed by atoms with Crippen molar-refractivity contribution in [2.24, 2.45) is 5.92 Å². The molecule has 0 bridgehead atoms. The van der Waals surface area contributed by atoms with Crippen molar-refractivity contribution >= 4 is 0 Å². The van der Waals surface area contributed by atoms with Crippen molar-refractivity contribution < 1.29 is 23.0 Å². The number of benzene rings is 1. The van der Waals surface area contributed by atoms with Crippen molar-refractivity contribution in [1.82, 2.24) is 0 Å². The zero-order chi connectivity index (χ0) is 22.1. The predicted molar refractivity (Wildman–Crippen MR) is 120 cm³/mol. The summed E-state index contributed by atoms with van der Waals surface area (Å²) in [4.78, 5) is 0. The van der Waals surface area contributed by atoms with E-state index in [1.165, 1.54) is 25.7 Å². The Morgan fingerprint density at radius 1 is 0.935 bits per heavy atom. The highest BCUT2D eigenvalue weighted by Gasteiger charge is 2.28. The van der Waals surface area contributed by atoms with Crippen molar-refractivity contribution in [2.75, 3.05) is 19.8 Å². The van der Waals surface area contributed by atoms with Gasteiger partial charge >= 0.3 is 0 Å². The van der Waals surface area contributed by atoms with E-state index in [4.69, 9.17) is 14.2 Å². The molecule has 1 aromatic carbocycles. The summed E-state index contributed by atoms with van der Waals surface area (Å²) in [6, 6.07) is 3.29. The molecular formula is C26H40F2O3. The molecule has 1 aliphatic heterocycles. The Morgan fingerprint density at radius 2 is 1.71 bits per heavy atom. The van der Waals surface area contributed by atoms with Crippen LogP contribution in [0.4, 0.5) is 8.78 Å². The van der Waals surface area contributed by atoms with E-state index >= 15 is 0 Å². The third-order valence-corrected chi connectivity index (χ3v) is 6.86. The van der Waals surface area contributed by atoms with Gasteiger partial charge in [0, 0.05) is 5.92 Å². The highest BCUT2D eigenvalue weighted by molar-refractivity contribution is 5.33. The number of rotatable bonds is 11. The molecule has 0 N–H and O–H groups in total. The van der Waals surface area contributed by atoms with Gasteiger partial charge in [0.2, 0.25) is 5.82 Å². The Bertz CT molecular complexity index is 650. The van der Waals surface area contributed by atoms with Gasteiger partial charge in [0.15, 0.2) is 11.6 Å². The molecule has 3 nitrogen and oxygen atoms in total. The second-order valence-electron chi connectivity index (χ2n) is 9.33. The molecule has 1 aliphatic carbocycles. The van der Waals surface area contributed by atoms with Crippen LogP contribution in [0.3, 0.4) is 0 Å². The molecule has 176 valence electrons. The monoisotopic (exact) mass is 438 g/mol. The molecule has 3 rings (SSSR count). The predicted octanol–water partition coefficient (Wildman–Crippen LogP) is 7.17. The molecule has 1 aromatic rings. The van der Waals surface area contributed by atoms with Crippen molar-refractivity contribution in [2.45, 2.75) is 103 Å². The molecule has 5 heteroatoms. The SMILES string of the molecule is CCCCOc1ccc(C2CCC(OCC3CCC(CCCC)OC3)CC2)c(F)c1F. The van der Waals surface area contributed by atoms with E-state index in [0.29, 0.717) is 24.2 Å². The minimum absolute atomic E-state index is 0.0263. The van der Waals surface area contributed by atoms with E-state index in [1.807, 2.05) is 6.92 Å². The van der Waals surface area contributed by atoms with E-state index in [-0.39, 0.29) is 17.8 Å². The van der Waals surface area contributed by atoms with Crippen LogP contribution in [0, 0.1) is 17.6 Å². The van der Waals surface area contributed by atoms with Gasteiger partial charge in [-0.05, 0) is 68.9 Å². The van der Waals surface area contributed by atoms with Gasteiger partial charge in [0.1, 0.15) is 0 Å². The fourth-order valence-corrected chi connectivity index (χ4v) is 4.76. The van der Waals surface area contributed by atoms with Gasteiger partial charge in [0.25, 0.3) is 0 Å². The Balaban J connectivity index is 1.40. The summed E-state index contributed by atoms with van der Waals surface area (Å²) in [6.07, 6.45) is 11.9. The number of hydrogen-bond acceptors (Lipinski definition) is 3. The summed E-state index contributed by atoms with van der Waals surface area (Å²) < 4.78 is 46.6. The highest BCUT2D eigenvalue weighted by atomic mass is 19.2. The van der Waals surface area contributed by atoms with Crippen molar-refractivity contribution in [3.05, 3.63) is 29.3 Å². The van der Waals surface area contributed by atoms with Gasteiger partial charge in [-0.2, -0.15) is 4.39 Å². The Morgan fingerprint density at radius 3 is 2.39 bits per heavy atom. The third-order valence-electron chi connectivity index (χ3n) is 6.86. The maximum absolute atomic E-state index is 14.7. The lowest BCUT2D eigenvalue weighted by Gasteiger charge is -2.32. The topological polar surface area (TPSA) is 27.7 Å². The van der Waals surface area contributed by atoms with Crippen LogP contribution < -0.4 is 4.74 Å². The number of hydrogen-bond donors (Lipinski definition) is 0. The van der Waals surface area contributed by atoms with Gasteiger partial charge in [0.05, 0.1) is 32.0 Å². The van der Waals surface area contributed by atoms with Gasteiger partial charge in [-0.1, -0.05) is 39.2 Å². The average molecular weight is 439 g/mol. The molecule has 1 heterocycles. The summed E-state index contributed by atoms with van der Waals surface area (Å²) in [6.45, 7) is 6.23. The number of halogens is 2. The molecule has 0 radical (unpaired) electrons. The standard InChI is InChI=1S/C26H40F2O3/c1-3-5-7-21-11-8-19(17-30-21)18-31-22-12-9-20(10-13-22)23-14-15-24(26(28)25(23)27)29-16-6-4-2/h14-15,19-22H,3-13,16-18H2,1-2H3. The van der Waals surface area contributed by atoms with E-state index in [0.717, 1.165) is 58.2 Å². The van der Waals surface area contributed by atoms with Gasteiger partial charge < -0.3 is 14.2 Å². The quantitative estimate of drug-likeness (QED) is 0.343. The fraction of sp³-hybridized carbons (Fsp3) is 0.769. The maximum atomic E-state index is 14.7. The number of unbranched alkanes of at least 4 members (excludes halogenated alkanes) is 2. The first-order chi connectivity index (χ1) is 15.1. The molecule has 2 atom stereocenters. The lowest BCUT2D eigenvalue weighted by molar-refractivity contribution is -0.0650. The van der Waals surface area contributed by atoms with Crippen molar-refractivity contribution in [3.63, 3.8) is 0 Å². The summed E-state index contributed by atoms with van der Waals surface area (Å²) in [5, 5.41) is 0. The number of ether oxygens (including phenoxy) is 3. The lowest BCUT2D eigenvalue weighted by Crippen LogP contribution is -2.31. The van der Waals surface area contributed by atoms with E-state index in [9.17, 15) is 8.78 Å². The van der Waals surface area contributed by atoms with Crippen molar-refractivity contribution in [1.29, 1.82) is 0 Å². The fourth-order valence-electron chi connectivity index (χ4n) is 4.76. The van der Waals surface area contributed by atoms with Crippen LogP contribution >= 0.6 is 0 Å². The molecule has 2 fully saturated rings. The minimum atomic E-state index is -0.846. The van der Waals surface area contributed by atoms with Crippen LogP contribution in [0.5, 0.6) is 5.75 Å². The first-order valence-corrected chi connectivity index (χ1v) is 12.5. The Kier molecular flexibility index (Phi) is 10.0. The van der Waals surface area contributed by atoms with E-state index in [1.54, 1.807) is 12.1 Å². The molecule has 1 saturated carbocycles. The van der Waals surface area contributed by atoms with Gasteiger partial charge in [-0.3, -0.25) is 0 Å². The zero-order valence-electron chi connectivity index (χ0n) is 19.3. The molecule has 0 spiro atoms. The van der Waals surface area contributed by atoms with Crippen LogP contribution in [0.2, 0.25) is 0 Å². The Labute approximate surface area is 186 Å². The second-order valence-corrected chi connectivity index (χ2v) is 9.33. The lowest BCUT2D eigenvalue weighted by atomic mass is 9.82. The molecule has 31 heavy (non-hydrogen) atoms. The van der Waals surface area contributed by atoms with Crippen LogP contribution in [0.1, 0.15) is 96.0 Å². The summed E-state index contributed by atoms with van der Waals surface area (Å²) >= 11 is 0. The van der Waals surface area contributed by atoms with Gasteiger partial charge in [-0.15, -0.1) is 0 Å². The van der Waals surface area contributed by atoms with E-state index < -0.39 is 11.6 Å². The second kappa shape index (κ2) is 12.7. The van der Waals surface area contributed by atoms with Crippen molar-refractivity contribution in [3.8, 4) is 5.75 Å². The Hall–Kier alpha value is -1.20. The normalized spacial score (nSPS) is 26.7. The van der Waals surface area contributed by atoms with Crippen LogP contribution in [-0.4, -0.2) is 32.0 Å². The third kappa shape index (κ3) is 7.15. The maximum Gasteiger partial charge on any atom is 0.200 e. The average Bonchev–Trinajstić information content (AvgIpc) is 2.80. The summed E-state index contributed by atoms with van der Waals surface area (Å²) in [7, 11) is 0. The van der Waals surface area contributed by atoms with Crippen LogP contribution in [-0.2, 0) is 9.47 Å². The molecule has 2 unspecified atom stereocenters. The summed E-state index contributed by atoms with van der Waals surface area (Å²) in [5.74, 6) is -1.02. The molecule has 1 saturated heterocycles. The first kappa shape index (κ1) is 24.4. The first-order valence-electron chi connectivity index (χ1n) is 12.5. The van der Waals surface area contributed by atoms with Gasteiger partial charge in [-0.25, -0.2) is 4.39 Å².